The fourth-order valence-corrected chi connectivity index (χ4v) is 3.70. The molecule has 0 amide bonds. The molecular weight excluding hydrogens is 358 g/mol. The zero-order valence-corrected chi connectivity index (χ0v) is 16.6. The van der Waals surface area contributed by atoms with Crippen molar-refractivity contribution in [3.63, 3.8) is 0 Å². The third-order valence-corrected chi connectivity index (χ3v) is 5.49. The molecule has 0 unspecified atom stereocenters. The maximum Gasteiger partial charge on any atom is 0.0630 e. The van der Waals surface area contributed by atoms with Crippen molar-refractivity contribution >= 4 is 23.7 Å². The van der Waals surface area contributed by atoms with Gasteiger partial charge in [0.1, 0.15) is 0 Å². The first-order valence-corrected chi connectivity index (χ1v) is 10.1. The highest BCUT2D eigenvalue weighted by atomic mass is 32.2. The van der Waals surface area contributed by atoms with Gasteiger partial charge in [0.25, 0.3) is 0 Å². The molecule has 0 radical (unpaired) electrons. The minimum absolute atomic E-state index is 0.956. The van der Waals surface area contributed by atoms with Crippen LogP contribution in [0.1, 0.15) is 11.1 Å². The molecular formula is C26H21NS. The van der Waals surface area contributed by atoms with Crippen molar-refractivity contribution in [3.05, 3.63) is 114 Å². The van der Waals surface area contributed by atoms with E-state index >= 15 is 0 Å². The maximum absolute atomic E-state index is 4.60. The first-order valence-electron chi connectivity index (χ1n) is 9.30. The molecule has 0 atom stereocenters. The van der Waals surface area contributed by atoms with Crippen molar-refractivity contribution in [2.24, 2.45) is 4.99 Å². The van der Waals surface area contributed by atoms with Gasteiger partial charge in [-0.15, -0.1) is 0 Å². The van der Waals surface area contributed by atoms with Crippen molar-refractivity contribution in [2.75, 3.05) is 0 Å². The number of aryl methyl sites for hydroxylation is 1. The van der Waals surface area contributed by atoms with Crippen molar-refractivity contribution in [2.45, 2.75) is 16.7 Å². The van der Waals surface area contributed by atoms with Crippen LogP contribution in [0, 0.1) is 6.92 Å². The molecule has 0 spiro atoms. The fourth-order valence-electron chi connectivity index (χ4n) is 2.88. The Morgan fingerprint density at radius 1 is 0.607 bits per heavy atom. The monoisotopic (exact) mass is 379 g/mol. The van der Waals surface area contributed by atoms with Gasteiger partial charge in [-0.05, 0) is 60.0 Å². The van der Waals surface area contributed by atoms with E-state index in [1.54, 1.807) is 11.8 Å². The Kier molecular flexibility index (Phi) is 5.69. The molecule has 136 valence electrons. The topological polar surface area (TPSA) is 12.4 Å². The number of aliphatic imine (C=N–C) groups is 1. The molecule has 1 nitrogen and oxygen atoms in total. The standard InChI is InChI=1S/C26H21NS/c1-20-7-15-25(16-8-20)28-26-17-9-21(10-18-26)19-27-24-13-11-23(12-14-24)22-5-3-2-4-6-22/h2-19H,1H3. The highest BCUT2D eigenvalue weighted by Crippen LogP contribution is 2.28. The summed E-state index contributed by atoms with van der Waals surface area (Å²) in [6, 6.07) is 35.8. The van der Waals surface area contributed by atoms with E-state index in [1.165, 1.54) is 26.5 Å². The highest BCUT2D eigenvalue weighted by Gasteiger charge is 1.99. The molecule has 4 rings (SSSR count). The lowest BCUT2D eigenvalue weighted by molar-refractivity contribution is 1.36. The van der Waals surface area contributed by atoms with Crippen LogP contribution in [0.3, 0.4) is 0 Å². The molecule has 0 aliphatic carbocycles. The Balaban J connectivity index is 1.41. The minimum atomic E-state index is 0.956. The van der Waals surface area contributed by atoms with E-state index in [-0.39, 0.29) is 0 Å². The quantitative estimate of drug-likeness (QED) is 0.326. The van der Waals surface area contributed by atoms with Gasteiger partial charge in [0, 0.05) is 16.0 Å². The zero-order valence-electron chi connectivity index (χ0n) is 15.7. The van der Waals surface area contributed by atoms with E-state index in [1.807, 2.05) is 12.3 Å². The lowest BCUT2D eigenvalue weighted by atomic mass is 10.1. The predicted octanol–water partition coefficient (Wildman–Crippen LogP) is 7.56. The van der Waals surface area contributed by atoms with Gasteiger partial charge in [0.15, 0.2) is 0 Å². The van der Waals surface area contributed by atoms with Crippen LogP contribution < -0.4 is 0 Å². The van der Waals surface area contributed by atoms with Crippen molar-refractivity contribution in [1.29, 1.82) is 0 Å². The summed E-state index contributed by atoms with van der Waals surface area (Å²) in [5.41, 5.74) is 5.77. The van der Waals surface area contributed by atoms with Gasteiger partial charge in [-0.1, -0.05) is 84.1 Å². The minimum Gasteiger partial charge on any atom is -0.256 e. The normalized spacial score (nSPS) is 11.0. The molecule has 0 bridgehead atoms. The second-order valence-electron chi connectivity index (χ2n) is 6.66. The summed E-state index contributed by atoms with van der Waals surface area (Å²) in [5, 5.41) is 0. The van der Waals surface area contributed by atoms with Crippen LogP contribution in [-0.2, 0) is 0 Å². The number of nitrogens with zero attached hydrogens (tertiary/aromatic N) is 1. The van der Waals surface area contributed by atoms with E-state index in [2.05, 4.69) is 109 Å². The first-order chi connectivity index (χ1) is 13.8. The molecule has 0 aliphatic rings. The third-order valence-electron chi connectivity index (χ3n) is 4.47. The highest BCUT2D eigenvalue weighted by molar-refractivity contribution is 7.99. The second-order valence-corrected chi connectivity index (χ2v) is 7.80. The summed E-state index contributed by atoms with van der Waals surface area (Å²) < 4.78 is 0. The van der Waals surface area contributed by atoms with Crippen molar-refractivity contribution in [1.82, 2.24) is 0 Å². The predicted molar refractivity (Wildman–Crippen MR) is 121 cm³/mol. The first kappa shape index (κ1) is 18.3. The summed E-state index contributed by atoms with van der Waals surface area (Å²) in [7, 11) is 0. The number of hydrogen-bond acceptors (Lipinski definition) is 2. The van der Waals surface area contributed by atoms with E-state index in [0.717, 1.165) is 11.3 Å². The molecule has 4 aromatic carbocycles. The van der Waals surface area contributed by atoms with E-state index in [4.69, 9.17) is 0 Å². The second kappa shape index (κ2) is 8.73. The van der Waals surface area contributed by atoms with E-state index in [0.29, 0.717) is 0 Å². The Bertz CT molecular complexity index is 1050. The van der Waals surface area contributed by atoms with Crippen molar-refractivity contribution in [3.8, 4) is 11.1 Å². The summed E-state index contributed by atoms with van der Waals surface area (Å²) >= 11 is 1.77. The molecule has 4 aromatic rings. The van der Waals surface area contributed by atoms with Gasteiger partial charge in [-0.25, -0.2) is 0 Å². The number of rotatable bonds is 5. The van der Waals surface area contributed by atoms with Crippen LogP contribution >= 0.6 is 11.8 Å². The van der Waals surface area contributed by atoms with Gasteiger partial charge in [-0.3, -0.25) is 4.99 Å². The van der Waals surface area contributed by atoms with Crippen LogP contribution in [0.5, 0.6) is 0 Å². The molecule has 2 heteroatoms. The molecule has 0 saturated carbocycles. The van der Waals surface area contributed by atoms with Crippen LogP contribution in [0.15, 0.2) is 118 Å². The number of benzene rings is 4. The zero-order chi connectivity index (χ0) is 19.2. The van der Waals surface area contributed by atoms with E-state index in [9.17, 15) is 0 Å². The Morgan fingerprint density at radius 3 is 1.82 bits per heavy atom. The Morgan fingerprint density at radius 2 is 1.18 bits per heavy atom. The van der Waals surface area contributed by atoms with Crippen LogP contribution in [0.25, 0.3) is 11.1 Å². The van der Waals surface area contributed by atoms with Gasteiger partial charge in [0.05, 0.1) is 5.69 Å². The van der Waals surface area contributed by atoms with Crippen molar-refractivity contribution < 1.29 is 0 Å². The summed E-state index contributed by atoms with van der Waals surface area (Å²) in [6.45, 7) is 2.11. The smallest absolute Gasteiger partial charge is 0.0630 e. The largest absolute Gasteiger partial charge is 0.256 e. The van der Waals surface area contributed by atoms with Crippen LogP contribution in [0.2, 0.25) is 0 Å². The molecule has 0 N–H and O–H groups in total. The molecule has 28 heavy (non-hydrogen) atoms. The van der Waals surface area contributed by atoms with Gasteiger partial charge in [0.2, 0.25) is 0 Å². The molecule has 0 aromatic heterocycles. The SMILES string of the molecule is Cc1ccc(Sc2ccc(C=Nc3ccc(-c4ccccc4)cc3)cc2)cc1. The Hall–Kier alpha value is -3.10. The van der Waals surface area contributed by atoms with Crippen LogP contribution in [0.4, 0.5) is 5.69 Å². The molecule has 0 saturated heterocycles. The summed E-state index contributed by atoms with van der Waals surface area (Å²) in [4.78, 5) is 7.09. The fraction of sp³-hybridized carbons (Fsp3) is 0.0385. The van der Waals surface area contributed by atoms with Gasteiger partial charge >= 0.3 is 0 Å². The molecule has 0 aliphatic heterocycles. The van der Waals surface area contributed by atoms with E-state index < -0.39 is 0 Å². The number of hydrogen-bond donors (Lipinski definition) is 0. The molecule has 0 fully saturated rings. The third kappa shape index (κ3) is 4.79. The van der Waals surface area contributed by atoms with Crippen LogP contribution in [-0.4, -0.2) is 6.21 Å². The Labute approximate surface area is 170 Å². The maximum atomic E-state index is 4.60. The lowest BCUT2D eigenvalue weighted by Gasteiger charge is -2.03. The summed E-state index contributed by atoms with van der Waals surface area (Å²) in [6.07, 6.45) is 1.91. The average molecular weight is 380 g/mol. The lowest BCUT2D eigenvalue weighted by Crippen LogP contribution is -1.81. The molecule has 0 heterocycles. The van der Waals surface area contributed by atoms with Gasteiger partial charge in [-0.2, -0.15) is 0 Å². The van der Waals surface area contributed by atoms with Gasteiger partial charge < -0.3 is 0 Å². The average Bonchev–Trinajstić information content (AvgIpc) is 2.76. The summed E-state index contributed by atoms with van der Waals surface area (Å²) in [5.74, 6) is 0.